The number of benzene rings is 8. The molecule has 5 heteroatoms. The van der Waals surface area contributed by atoms with E-state index in [1.54, 1.807) is 6.07 Å². The van der Waals surface area contributed by atoms with Crippen LogP contribution in [0.5, 0.6) is 0 Å². The zero-order chi connectivity index (χ0) is 44.0. The molecule has 0 fully saturated rings. The van der Waals surface area contributed by atoms with E-state index in [1.807, 2.05) is 133 Å². The van der Waals surface area contributed by atoms with E-state index in [9.17, 15) is 2.74 Å². The van der Waals surface area contributed by atoms with E-state index in [1.165, 1.54) is 4.57 Å². The molecule has 11 aromatic rings. The molecule has 5 nitrogen and oxygen atoms in total. The molecule has 0 atom stereocenters. The molecule has 0 aliphatic rings. The molecule has 11 rings (SSSR count). The first-order valence-corrected chi connectivity index (χ1v) is 18.1. The van der Waals surface area contributed by atoms with E-state index in [0.29, 0.717) is 45.2 Å². The number of fused-ring (bicyclic) bond motifs is 6. The predicted octanol–water partition coefficient (Wildman–Crippen LogP) is 13.2. The van der Waals surface area contributed by atoms with Crippen LogP contribution >= 0.6 is 0 Å². The molecule has 0 saturated heterocycles. The van der Waals surface area contributed by atoms with Gasteiger partial charge in [0.25, 0.3) is 0 Å². The average Bonchev–Trinajstić information content (AvgIpc) is 3.90. The lowest BCUT2D eigenvalue weighted by Crippen LogP contribution is -2.05. The van der Waals surface area contributed by atoms with Gasteiger partial charge in [0.15, 0.2) is 17.5 Å². The molecular formula is C51H32N4O. The maximum absolute atomic E-state index is 9.33. The number of rotatable bonds is 6. The Morgan fingerprint density at radius 3 is 1.77 bits per heavy atom. The summed E-state index contributed by atoms with van der Waals surface area (Å²) in [6.07, 6.45) is 0. The van der Waals surface area contributed by atoms with Gasteiger partial charge >= 0.3 is 0 Å². The first-order chi connectivity index (χ1) is 31.1. The molecule has 3 aromatic heterocycles. The van der Waals surface area contributed by atoms with Crippen LogP contribution in [-0.4, -0.2) is 19.5 Å². The molecule has 0 aliphatic heterocycles. The molecule has 0 amide bonds. The van der Waals surface area contributed by atoms with Gasteiger partial charge in [-0.25, -0.2) is 15.0 Å². The Balaban J connectivity index is 1.29. The number of furan rings is 1. The number of hydrogen-bond donors (Lipinski definition) is 0. The number of hydrogen-bond acceptors (Lipinski definition) is 4. The number of aromatic nitrogens is 4. The van der Waals surface area contributed by atoms with E-state index in [2.05, 4.69) is 6.07 Å². The molecule has 0 aliphatic carbocycles. The van der Waals surface area contributed by atoms with Crippen molar-refractivity contribution in [1.29, 1.82) is 0 Å². The predicted molar refractivity (Wildman–Crippen MR) is 229 cm³/mol. The van der Waals surface area contributed by atoms with Crippen LogP contribution in [-0.2, 0) is 0 Å². The van der Waals surface area contributed by atoms with Gasteiger partial charge in [0.2, 0.25) is 0 Å². The summed E-state index contributed by atoms with van der Waals surface area (Å²) >= 11 is 0. The zero-order valence-electron chi connectivity index (χ0n) is 37.6. The zero-order valence-corrected chi connectivity index (χ0v) is 29.6. The van der Waals surface area contributed by atoms with E-state index >= 15 is 0 Å². The number of nitrogens with zero attached hydrogens (tertiary/aromatic N) is 4. The van der Waals surface area contributed by atoms with E-state index < -0.39 is 48.3 Å². The first kappa shape index (κ1) is 24.6. The highest BCUT2D eigenvalue weighted by Crippen LogP contribution is 2.42. The Hall–Kier alpha value is -7.63. The van der Waals surface area contributed by atoms with Gasteiger partial charge in [0.05, 0.1) is 33.3 Å². The van der Waals surface area contributed by atoms with E-state index in [4.69, 9.17) is 27.6 Å². The fourth-order valence-corrected chi connectivity index (χ4v) is 7.56. The first-order valence-electron chi connectivity index (χ1n) is 22.1. The van der Waals surface area contributed by atoms with Crippen LogP contribution in [0, 0.1) is 0 Å². The van der Waals surface area contributed by atoms with Gasteiger partial charge in [-0.1, -0.05) is 152 Å². The maximum atomic E-state index is 9.33. The molecule has 0 radical (unpaired) electrons. The highest BCUT2D eigenvalue weighted by Gasteiger charge is 2.23. The standard InChI is InChI=1S/C51H32N4O/c1-3-15-33(16-4-1)35-19-13-20-36(31-35)38-24-14-27-45(55-43-25-10-7-21-39(43)40-22-8-11-26-44(40)55)48(38)51-53-49(34-17-5-2-6-18-34)52-50(54-51)37-29-30-42-41-23-9-12-28-46(41)56-47(42)32-37/h1-32H/i7D,8D,10D,11D,21D,22D,25D,26D. The Morgan fingerprint density at radius 1 is 0.411 bits per heavy atom. The minimum Gasteiger partial charge on any atom is -0.456 e. The molecule has 8 aromatic carbocycles. The normalized spacial score (nSPS) is 13.6. The summed E-state index contributed by atoms with van der Waals surface area (Å²) < 4.78 is 79.7. The van der Waals surface area contributed by atoms with E-state index in [0.717, 1.165) is 33.0 Å². The van der Waals surface area contributed by atoms with Crippen LogP contribution < -0.4 is 0 Å². The van der Waals surface area contributed by atoms with Crippen molar-refractivity contribution in [2.24, 2.45) is 0 Å². The highest BCUT2D eigenvalue weighted by atomic mass is 16.3. The van der Waals surface area contributed by atoms with Gasteiger partial charge in [-0.15, -0.1) is 0 Å². The molecule has 3 heterocycles. The summed E-state index contributed by atoms with van der Waals surface area (Å²) in [6, 6.07) is 42.9. The Kier molecular flexibility index (Phi) is 5.74. The monoisotopic (exact) mass is 724 g/mol. The fraction of sp³-hybridized carbons (Fsp3) is 0. The third-order valence-corrected chi connectivity index (χ3v) is 10.1. The molecule has 0 saturated carbocycles. The van der Waals surface area contributed by atoms with Gasteiger partial charge in [0.1, 0.15) is 11.2 Å². The summed E-state index contributed by atoms with van der Waals surface area (Å²) in [5.74, 6) is 0.896. The van der Waals surface area contributed by atoms with Gasteiger partial charge in [-0.2, -0.15) is 0 Å². The van der Waals surface area contributed by atoms with Crippen molar-refractivity contribution < 1.29 is 15.4 Å². The summed E-state index contributed by atoms with van der Waals surface area (Å²) in [5, 5.41) is 1.85. The summed E-state index contributed by atoms with van der Waals surface area (Å²) in [5.41, 5.74) is 6.82. The molecule has 0 spiro atoms. The number of para-hydroxylation sites is 3. The second-order valence-electron chi connectivity index (χ2n) is 13.4. The fourth-order valence-electron chi connectivity index (χ4n) is 7.56. The van der Waals surface area contributed by atoms with Crippen molar-refractivity contribution in [2.45, 2.75) is 0 Å². The average molecular weight is 725 g/mol. The van der Waals surface area contributed by atoms with Crippen molar-refractivity contribution in [2.75, 3.05) is 0 Å². The third kappa shape index (κ3) is 5.29. The molecule has 0 unspecified atom stereocenters. The smallest absolute Gasteiger partial charge is 0.166 e. The van der Waals surface area contributed by atoms with Gasteiger partial charge in [-0.05, 0) is 64.7 Å². The van der Waals surface area contributed by atoms with Crippen LogP contribution in [0.3, 0.4) is 0 Å². The molecule has 262 valence electrons. The van der Waals surface area contributed by atoms with Crippen molar-refractivity contribution in [3.8, 4) is 62.1 Å². The highest BCUT2D eigenvalue weighted by molar-refractivity contribution is 6.10. The second kappa shape index (κ2) is 13.0. The topological polar surface area (TPSA) is 56.7 Å². The minimum atomic E-state index is -0.522. The Labute approximate surface area is 334 Å². The van der Waals surface area contributed by atoms with Crippen molar-refractivity contribution in [3.05, 3.63) is 194 Å². The quantitative estimate of drug-likeness (QED) is 0.171. The SMILES string of the molecule is [2H]c1c([2H])c([2H])c2c(c1[2H])c1c([2H])c([2H])c([2H])c([2H])c1n2-c1cccc(-c2cccc(-c3ccccc3)c2)c1-c1nc(-c2ccccc2)nc(-c2ccc3c(c2)oc2ccccc23)n1. The van der Waals surface area contributed by atoms with Gasteiger partial charge in [0, 0.05) is 32.7 Å². The maximum Gasteiger partial charge on any atom is 0.166 e. The largest absolute Gasteiger partial charge is 0.456 e. The lowest BCUT2D eigenvalue weighted by molar-refractivity contribution is 0.669. The lowest BCUT2D eigenvalue weighted by atomic mass is 9.94. The Bertz CT molecular complexity index is 3640. The van der Waals surface area contributed by atoms with Crippen LogP contribution in [0.15, 0.2) is 198 Å². The van der Waals surface area contributed by atoms with Crippen LogP contribution in [0.4, 0.5) is 0 Å². The molecule has 56 heavy (non-hydrogen) atoms. The van der Waals surface area contributed by atoms with Crippen LogP contribution in [0.2, 0.25) is 0 Å². The molecule has 0 bridgehead atoms. The van der Waals surface area contributed by atoms with E-state index in [-0.39, 0.29) is 27.6 Å². The summed E-state index contributed by atoms with van der Waals surface area (Å²) in [4.78, 5) is 15.4. The van der Waals surface area contributed by atoms with Crippen LogP contribution in [0.1, 0.15) is 11.0 Å². The Morgan fingerprint density at radius 2 is 1.00 bits per heavy atom. The van der Waals surface area contributed by atoms with Crippen molar-refractivity contribution >= 4 is 43.7 Å². The van der Waals surface area contributed by atoms with Gasteiger partial charge in [-0.3, -0.25) is 0 Å². The van der Waals surface area contributed by atoms with Crippen molar-refractivity contribution in [1.82, 2.24) is 19.5 Å². The van der Waals surface area contributed by atoms with Gasteiger partial charge < -0.3 is 8.98 Å². The lowest BCUT2D eigenvalue weighted by Gasteiger charge is -2.19. The minimum absolute atomic E-state index is 0.0164. The second-order valence-corrected chi connectivity index (χ2v) is 13.4. The molecule has 0 N–H and O–H groups in total. The summed E-state index contributed by atoms with van der Waals surface area (Å²) in [7, 11) is 0. The molecular weight excluding hydrogens is 685 g/mol. The third-order valence-electron chi connectivity index (χ3n) is 10.1. The van der Waals surface area contributed by atoms with Crippen molar-refractivity contribution in [3.63, 3.8) is 0 Å². The van der Waals surface area contributed by atoms with Crippen LogP contribution in [0.25, 0.3) is 106 Å². The summed E-state index contributed by atoms with van der Waals surface area (Å²) in [6.45, 7) is 0.